The van der Waals surface area contributed by atoms with E-state index in [-0.39, 0.29) is 12.4 Å². The van der Waals surface area contributed by atoms with E-state index in [9.17, 15) is 9.90 Å². The van der Waals surface area contributed by atoms with Crippen LogP contribution in [0.5, 0.6) is 5.75 Å². The third-order valence-electron chi connectivity index (χ3n) is 4.12. The third kappa shape index (κ3) is 4.87. The molecular weight excluding hydrogens is 379 g/mol. The quantitative estimate of drug-likeness (QED) is 0.345. The summed E-state index contributed by atoms with van der Waals surface area (Å²) in [5.74, 6) is 0.466. The summed E-state index contributed by atoms with van der Waals surface area (Å²) in [7, 11) is 0. The van der Waals surface area contributed by atoms with E-state index in [0.717, 1.165) is 22.8 Å². The number of hydrogen-bond acceptors (Lipinski definition) is 3. The normalized spacial score (nSPS) is 16.4. The lowest BCUT2D eigenvalue weighted by Crippen LogP contribution is -2.10. The minimum absolute atomic E-state index is 0.156. The van der Waals surface area contributed by atoms with Crippen LogP contribution in [-0.4, -0.2) is 22.1 Å². The molecule has 0 atom stereocenters. The molecule has 0 radical (unpaired) electrons. The Morgan fingerprint density at radius 3 is 2.62 bits per heavy atom. The number of halogens is 1. The number of phenolic OH excluding ortho intramolecular Hbond substituents is 1. The van der Waals surface area contributed by atoms with E-state index >= 15 is 0 Å². The molecule has 0 unspecified atom stereocenters. The number of rotatable bonds is 5. The Bertz CT molecular complexity index is 465. The number of alkyl halides is 1. The third-order valence-corrected chi connectivity index (χ3v) is 4.56. The second-order valence-corrected chi connectivity index (χ2v) is 6.71. The number of hydrogen-bond donors (Lipinski definition) is 1. The Kier molecular flexibility index (Phi) is 6.80. The summed E-state index contributed by atoms with van der Waals surface area (Å²) in [6.07, 6.45) is 7.47. The van der Waals surface area contributed by atoms with Crippen molar-refractivity contribution >= 4 is 28.6 Å². The van der Waals surface area contributed by atoms with Crippen molar-refractivity contribution < 1.29 is 14.6 Å². The van der Waals surface area contributed by atoms with Gasteiger partial charge >= 0.3 is 5.97 Å². The molecule has 0 saturated heterocycles. The number of aromatic hydroxyl groups is 1. The molecule has 1 aliphatic carbocycles. The average Bonchev–Trinajstić information content (AvgIpc) is 2.76. The highest BCUT2D eigenvalue weighted by molar-refractivity contribution is 14.1. The van der Waals surface area contributed by atoms with Gasteiger partial charge in [-0.25, -0.2) is 0 Å². The lowest BCUT2D eigenvalue weighted by Gasteiger charge is -2.18. The number of esters is 1. The van der Waals surface area contributed by atoms with Crippen LogP contribution < -0.4 is 0 Å². The van der Waals surface area contributed by atoms with Gasteiger partial charge < -0.3 is 9.84 Å². The van der Waals surface area contributed by atoms with E-state index in [2.05, 4.69) is 22.6 Å². The number of para-hydroxylation sites is 1. The van der Waals surface area contributed by atoms with Crippen molar-refractivity contribution in [3.05, 3.63) is 29.3 Å². The van der Waals surface area contributed by atoms with Gasteiger partial charge in [0.05, 0.1) is 6.42 Å². The second kappa shape index (κ2) is 8.61. The Labute approximate surface area is 140 Å². The fourth-order valence-corrected chi connectivity index (χ4v) is 3.25. The van der Waals surface area contributed by atoms with Gasteiger partial charge in [0.1, 0.15) is 12.4 Å². The highest BCUT2D eigenvalue weighted by Crippen LogP contribution is 2.37. The van der Waals surface area contributed by atoms with Crippen molar-refractivity contribution in [3.8, 4) is 5.75 Å². The second-order valence-electron chi connectivity index (χ2n) is 5.63. The van der Waals surface area contributed by atoms with Gasteiger partial charge in [0, 0.05) is 9.99 Å². The highest BCUT2D eigenvalue weighted by atomic mass is 127. The largest absolute Gasteiger partial charge is 0.507 e. The van der Waals surface area contributed by atoms with E-state index in [4.69, 9.17) is 4.74 Å². The number of benzene rings is 1. The van der Waals surface area contributed by atoms with E-state index in [1.165, 1.54) is 25.7 Å². The molecule has 1 fully saturated rings. The van der Waals surface area contributed by atoms with Gasteiger partial charge in [0.15, 0.2) is 0 Å². The van der Waals surface area contributed by atoms with Gasteiger partial charge in [-0.05, 0) is 24.3 Å². The molecule has 0 bridgehead atoms. The molecule has 3 nitrogen and oxygen atoms in total. The first-order valence-electron chi connectivity index (χ1n) is 7.74. The molecule has 1 aromatic carbocycles. The minimum atomic E-state index is -0.264. The summed E-state index contributed by atoms with van der Waals surface area (Å²) in [5.41, 5.74) is 1.70. The Hall–Kier alpha value is -0.780. The van der Waals surface area contributed by atoms with Crippen LogP contribution in [0, 0.1) is 0 Å². The van der Waals surface area contributed by atoms with Crippen LogP contribution in [0.2, 0.25) is 0 Å². The van der Waals surface area contributed by atoms with Gasteiger partial charge in [-0.15, -0.1) is 0 Å². The molecule has 4 heteroatoms. The fourth-order valence-electron chi connectivity index (χ4n) is 3.03. The monoisotopic (exact) mass is 402 g/mol. The van der Waals surface area contributed by atoms with Crippen LogP contribution >= 0.6 is 22.6 Å². The molecule has 0 spiro atoms. The Morgan fingerprint density at radius 2 is 1.95 bits per heavy atom. The van der Waals surface area contributed by atoms with E-state index in [1.54, 1.807) is 0 Å². The zero-order chi connectivity index (χ0) is 15.1. The molecule has 21 heavy (non-hydrogen) atoms. The van der Waals surface area contributed by atoms with Crippen molar-refractivity contribution in [1.29, 1.82) is 0 Å². The van der Waals surface area contributed by atoms with Crippen molar-refractivity contribution in [2.45, 2.75) is 50.9 Å². The maximum absolute atomic E-state index is 11.7. The lowest BCUT2D eigenvalue weighted by molar-refractivity contribution is -0.142. The number of ether oxygens (including phenoxy) is 1. The Balaban J connectivity index is 2.09. The number of carbonyl (C=O) groups is 1. The first kappa shape index (κ1) is 16.6. The van der Waals surface area contributed by atoms with Crippen LogP contribution in [-0.2, 0) is 16.0 Å². The molecule has 1 N–H and O–H groups in total. The predicted molar refractivity (Wildman–Crippen MR) is 92.1 cm³/mol. The van der Waals surface area contributed by atoms with Crippen molar-refractivity contribution in [2.75, 3.05) is 11.0 Å². The van der Waals surface area contributed by atoms with Gasteiger partial charge in [-0.1, -0.05) is 66.5 Å². The molecule has 2 rings (SSSR count). The van der Waals surface area contributed by atoms with E-state index in [0.29, 0.717) is 23.8 Å². The molecule has 0 heterocycles. The zero-order valence-corrected chi connectivity index (χ0v) is 14.5. The molecule has 1 aromatic rings. The fraction of sp³-hybridized carbons (Fsp3) is 0.588. The summed E-state index contributed by atoms with van der Waals surface area (Å²) in [6, 6.07) is 5.77. The maximum atomic E-state index is 11.7. The number of phenols is 1. The van der Waals surface area contributed by atoms with Crippen molar-refractivity contribution in [2.24, 2.45) is 0 Å². The molecule has 116 valence electrons. The highest BCUT2D eigenvalue weighted by Gasteiger charge is 2.20. The SMILES string of the molecule is O=C(Cc1cccc(C2CCCCCC2)c1O)OCCI. The van der Waals surface area contributed by atoms with Crippen LogP contribution in [0.1, 0.15) is 55.6 Å². The lowest BCUT2D eigenvalue weighted by atomic mass is 9.89. The molecule has 0 amide bonds. The van der Waals surface area contributed by atoms with Crippen LogP contribution in [0.3, 0.4) is 0 Å². The van der Waals surface area contributed by atoms with Crippen LogP contribution in [0.25, 0.3) is 0 Å². The summed E-state index contributed by atoms with van der Waals surface area (Å²) in [5, 5.41) is 10.5. The van der Waals surface area contributed by atoms with Gasteiger partial charge in [0.2, 0.25) is 0 Å². The summed E-state index contributed by atoms with van der Waals surface area (Å²) in [6.45, 7) is 0.433. The maximum Gasteiger partial charge on any atom is 0.310 e. The first-order chi connectivity index (χ1) is 10.2. The predicted octanol–water partition coefficient (Wildman–Crippen LogP) is 4.35. The Morgan fingerprint density at radius 1 is 1.24 bits per heavy atom. The van der Waals surface area contributed by atoms with Gasteiger partial charge in [-0.2, -0.15) is 0 Å². The molecular formula is C17H23IO3. The first-order valence-corrected chi connectivity index (χ1v) is 9.27. The molecule has 1 aliphatic rings. The minimum Gasteiger partial charge on any atom is -0.507 e. The van der Waals surface area contributed by atoms with Crippen molar-refractivity contribution in [3.63, 3.8) is 0 Å². The molecule has 0 aliphatic heterocycles. The van der Waals surface area contributed by atoms with Gasteiger partial charge in [-0.3, -0.25) is 4.79 Å². The average molecular weight is 402 g/mol. The molecule has 0 aromatic heterocycles. The summed E-state index contributed by atoms with van der Waals surface area (Å²) < 4.78 is 5.89. The topological polar surface area (TPSA) is 46.5 Å². The standard InChI is InChI=1S/C17H23IO3/c18-10-11-21-16(19)12-14-8-5-9-15(17(14)20)13-6-3-1-2-4-7-13/h5,8-9,13,20H,1-4,6-7,10-12H2. The zero-order valence-electron chi connectivity index (χ0n) is 12.3. The van der Waals surface area contributed by atoms with Crippen molar-refractivity contribution in [1.82, 2.24) is 0 Å². The van der Waals surface area contributed by atoms with Crippen LogP contribution in [0.15, 0.2) is 18.2 Å². The number of carbonyl (C=O) groups excluding carboxylic acids is 1. The van der Waals surface area contributed by atoms with Crippen LogP contribution in [0.4, 0.5) is 0 Å². The van der Waals surface area contributed by atoms with E-state index < -0.39 is 0 Å². The molecule has 1 saturated carbocycles. The smallest absolute Gasteiger partial charge is 0.310 e. The van der Waals surface area contributed by atoms with Gasteiger partial charge in [0.25, 0.3) is 0 Å². The summed E-state index contributed by atoms with van der Waals surface area (Å²) in [4.78, 5) is 11.7. The van der Waals surface area contributed by atoms with E-state index in [1.807, 2.05) is 18.2 Å². The summed E-state index contributed by atoms with van der Waals surface area (Å²) >= 11 is 2.17.